The first-order valence-electron chi connectivity index (χ1n) is 9.04. The predicted octanol–water partition coefficient (Wildman–Crippen LogP) is 6.54. The van der Waals surface area contributed by atoms with Gasteiger partial charge < -0.3 is 4.74 Å². The molecule has 0 aliphatic heterocycles. The van der Waals surface area contributed by atoms with E-state index < -0.39 is 0 Å². The van der Waals surface area contributed by atoms with E-state index in [1.165, 1.54) is 5.56 Å². The van der Waals surface area contributed by atoms with Crippen LogP contribution in [0.5, 0.6) is 5.75 Å². The Labute approximate surface area is 169 Å². The van der Waals surface area contributed by atoms with E-state index in [-0.39, 0.29) is 0 Å². The number of hydrogen-bond acceptors (Lipinski definition) is 4. The van der Waals surface area contributed by atoms with Crippen LogP contribution in [0.15, 0.2) is 83.9 Å². The average Bonchev–Trinajstić information content (AvgIpc) is 3.18. The molecule has 0 N–H and O–H groups in total. The molecule has 0 saturated carbocycles. The fraction of sp³-hybridized carbons (Fsp3) is 0.0833. The fourth-order valence-corrected chi connectivity index (χ4v) is 3.82. The molecule has 3 aromatic carbocycles. The number of benzene rings is 3. The van der Waals surface area contributed by atoms with Gasteiger partial charge in [0.05, 0.1) is 17.7 Å². The Hall–Kier alpha value is -3.24. The SMILES string of the molecule is COc1ccc(-c2nc(N=Cc3ccc(C)cc3)sc2-c2ccccc2)cc1. The predicted molar refractivity (Wildman–Crippen MR) is 118 cm³/mol. The maximum atomic E-state index is 5.28. The van der Waals surface area contributed by atoms with Crippen molar-refractivity contribution in [2.75, 3.05) is 7.11 Å². The summed E-state index contributed by atoms with van der Waals surface area (Å²) >= 11 is 1.60. The first kappa shape index (κ1) is 18.1. The van der Waals surface area contributed by atoms with Gasteiger partial charge in [0, 0.05) is 11.8 Å². The molecule has 1 heterocycles. The highest BCUT2D eigenvalue weighted by molar-refractivity contribution is 7.19. The average molecular weight is 385 g/mol. The number of thiazole rings is 1. The minimum atomic E-state index is 0.741. The molecule has 0 saturated heterocycles. The van der Waals surface area contributed by atoms with Crippen molar-refractivity contribution in [1.29, 1.82) is 0 Å². The largest absolute Gasteiger partial charge is 0.497 e. The lowest BCUT2D eigenvalue weighted by Gasteiger charge is -2.04. The molecular formula is C24H20N2OS. The minimum Gasteiger partial charge on any atom is -0.497 e. The molecule has 28 heavy (non-hydrogen) atoms. The lowest BCUT2D eigenvalue weighted by atomic mass is 10.1. The zero-order chi connectivity index (χ0) is 19.3. The number of aromatic nitrogens is 1. The maximum Gasteiger partial charge on any atom is 0.210 e. The number of nitrogens with zero attached hydrogens (tertiary/aromatic N) is 2. The third kappa shape index (κ3) is 4.02. The molecule has 4 heteroatoms. The standard InChI is InChI=1S/C24H20N2OS/c1-17-8-10-18(11-9-17)16-25-24-26-22(19-12-14-21(27-2)15-13-19)23(28-24)20-6-4-3-5-7-20/h3-16H,1-2H3. The molecule has 4 aromatic rings. The third-order valence-corrected chi connectivity index (χ3v) is 5.43. The van der Waals surface area contributed by atoms with Crippen LogP contribution in [0.2, 0.25) is 0 Å². The molecule has 0 atom stereocenters. The summed E-state index contributed by atoms with van der Waals surface area (Å²) in [6, 6.07) is 26.6. The van der Waals surface area contributed by atoms with Crippen LogP contribution >= 0.6 is 11.3 Å². The second-order valence-electron chi connectivity index (χ2n) is 6.44. The third-order valence-electron chi connectivity index (χ3n) is 4.42. The molecule has 0 bridgehead atoms. The van der Waals surface area contributed by atoms with Crippen LogP contribution in [0.25, 0.3) is 21.7 Å². The summed E-state index contributed by atoms with van der Waals surface area (Å²) in [6.07, 6.45) is 1.87. The number of hydrogen-bond donors (Lipinski definition) is 0. The van der Waals surface area contributed by atoms with E-state index in [1.807, 2.05) is 48.7 Å². The zero-order valence-corrected chi connectivity index (χ0v) is 16.6. The lowest BCUT2D eigenvalue weighted by molar-refractivity contribution is 0.415. The molecule has 0 radical (unpaired) electrons. The number of aryl methyl sites for hydroxylation is 1. The Morgan fingerprint density at radius 1 is 0.857 bits per heavy atom. The number of ether oxygens (including phenoxy) is 1. The summed E-state index contributed by atoms with van der Waals surface area (Å²) in [7, 11) is 1.67. The molecule has 0 spiro atoms. The van der Waals surface area contributed by atoms with E-state index in [9.17, 15) is 0 Å². The van der Waals surface area contributed by atoms with E-state index in [4.69, 9.17) is 9.72 Å². The number of aliphatic imine (C=N–C) groups is 1. The Bertz CT molecular complexity index is 1080. The lowest BCUT2D eigenvalue weighted by Crippen LogP contribution is -1.85. The van der Waals surface area contributed by atoms with Gasteiger partial charge in [0.1, 0.15) is 5.75 Å². The van der Waals surface area contributed by atoms with Crippen molar-refractivity contribution in [2.45, 2.75) is 6.92 Å². The first-order chi connectivity index (χ1) is 13.7. The first-order valence-corrected chi connectivity index (χ1v) is 9.86. The monoisotopic (exact) mass is 384 g/mol. The molecule has 0 aliphatic rings. The summed E-state index contributed by atoms with van der Waals surface area (Å²) in [5, 5.41) is 0.741. The quantitative estimate of drug-likeness (QED) is 0.366. The minimum absolute atomic E-state index is 0.741. The Kier molecular flexibility index (Phi) is 5.31. The number of rotatable bonds is 5. The van der Waals surface area contributed by atoms with Crippen molar-refractivity contribution in [3.05, 3.63) is 90.0 Å². The van der Waals surface area contributed by atoms with Gasteiger partial charge in [-0.1, -0.05) is 71.5 Å². The smallest absolute Gasteiger partial charge is 0.210 e. The van der Waals surface area contributed by atoms with E-state index in [1.54, 1.807) is 18.4 Å². The van der Waals surface area contributed by atoms with Gasteiger partial charge in [0.15, 0.2) is 0 Å². The molecule has 1 aromatic heterocycles. The van der Waals surface area contributed by atoms with Crippen molar-refractivity contribution in [2.24, 2.45) is 4.99 Å². The van der Waals surface area contributed by atoms with Gasteiger partial charge in [-0.25, -0.2) is 9.98 Å². The van der Waals surface area contributed by atoms with Crippen LogP contribution < -0.4 is 4.74 Å². The zero-order valence-electron chi connectivity index (χ0n) is 15.8. The van der Waals surface area contributed by atoms with Gasteiger partial charge >= 0.3 is 0 Å². The van der Waals surface area contributed by atoms with Gasteiger partial charge in [-0.05, 0) is 42.3 Å². The van der Waals surface area contributed by atoms with E-state index in [2.05, 4.69) is 48.3 Å². The van der Waals surface area contributed by atoms with Crippen molar-refractivity contribution in [3.63, 3.8) is 0 Å². The van der Waals surface area contributed by atoms with Crippen LogP contribution in [0.4, 0.5) is 5.13 Å². The summed E-state index contributed by atoms with van der Waals surface area (Å²) in [6.45, 7) is 2.08. The molecule has 4 rings (SSSR count). The Balaban J connectivity index is 1.74. The molecule has 0 aliphatic carbocycles. The highest BCUT2D eigenvalue weighted by atomic mass is 32.1. The summed E-state index contributed by atoms with van der Waals surface area (Å²) in [5.74, 6) is 0.831. The summed E-state index contributed by atoms with van der Waals surface area (Å²) in [5.41, 5.74) is 5.43. The van der Waals surface area contributed by atoms with Crippen LogP contribution in [0, 0.1) is 6.92 Å². The van der Waals surface area contributed by atoms with Gasteiger partial charge in [0.2, 0.25) is 5.13 Å². The molecule has 0 unspecified atom stereocenters. The highest BCUT2D eigenvalue weighted by Gasteiger charge is 2.14. The van der Waals surface area contributed by atoms with Gasteiger partial charge in [0.25, 0.3) is 0 Å². The fourth-order valence-electron chi connectivity index (χ4n) is 2.88. The van der Waals surface area contributed by atoms with E-state index in [0.717, 1.165) is 38.1 Å². The summed E-state index contributed by atoms with van der Waals surface area (Å²) < 4.78 is 5.28. The molecule has 0 fully saturated rings. The van der Waals surface area contributed by atoms with Crippen LogP contribution in [0.3, 0.4) is 0 Å². The van der Waals surface area contributed by atoms with Crippen LogP contribution in [0.1, 0.15) is 11.1 Å². The second-order valence-corrected chi connectivity index (χ2v) is 7.42. The summed E-state index contributed by atoms with van der Waals surface area (Å²) in [4.78, 5) is 10.6. The van der Waals surface area contributed by atoms with Crippen molar-refractivity contribution < 1.29 is 4.74 Å². The normalized spacial score (nSPS) is 11.1. The highest BCUT2D eigenvalue weighted by Crippen LogP contribution is 2.40. The van der Waals surface area contributed by atoms with Gasteiger partial charge in [-0.15, -0.1) is 0 Å². The van der Waals surface area contributed by atoms with Crippen molar-refractivity contribution in [1.82, 2.24) is 4.98 Å². The topological polar surface area (TPSA) is 34.5 Å². The van der Waals surface area contributed by atoms with Gasteiger partial charge in [-0.2, -0.15) is 0 Å². The van der Waals surface area contributed by atoms with Crippen LogP contribution in [-0.4, -0.2) is 18.3 Å². The van der Waals surface area contributed by atoms with Crippen molar-refractivity contribution >= 4 is 22.7 Å². The molecular weight excluding hydrogens is 364 g/mol. The van der Waals surface area contributed by atoms with Crippen molar-refractivity contribution in [3.8, 4) is 27.4 Å². The second kappa shape index (κ2) is 8.19. The number of methoxy groups -OCH3 is 1. The van der Waals surface area contributed by atoms with Gasteiger partial charge in [-0.3, -0.25) is 0 Å². The Morgan fingerprint density at radius 2 is 1.57 bits per heavy atom. The van der Waals surface area contributed by atoms with E-state index in [0.29, 0.717) is 0 Å². The van der Waals surface area contributed by atoms with E-state index >= 15 is 0 Å². The molecule has 0 amide bonds. The Morgan fingerprint density at radius 3 is 2.25 bits per heavy atom. The molecule has 138 valence electrons. The maximum absolute atomic E-state index is 5.28. The molecule has 3 nitrogen and oxygen atoms in total. The van der Waals surface area contributed by atoms with Crippen LogP contribution in [-0.2, 0) is 0 Å².